The van der Waals surface area contributed by atoms with Gasteiger partial charge in [-0.05, 0) is 20.3 Å². The number of rotatable bonds is 11. The van der Waals surface area contributed by atoms with Crippen LogP contribution in [0.1, 0.15) is 46.5 Å². The number of hydrogen-bond donors (Lipinski definition) is 2. The molecule has 0 aromatic heterocycles. The average Bonchev–Trinajstić information content (AvgIpc) is 2.30. The Balaban J connectivity index is 3.32. The molecular formula is C13H30NO2+. The first kappa shape index (κ1) is 15.9. The third-order valence-corrected chi connectivity index (χ3v) is 2.98. The highest BCUT2D eigenvalue weighted by Crippen LogP contribution is 1.98. The summed E-state index contributed by atoms with van der Waals surface area (Å²) < 4.78 is 5.47. The summed E-state index contributed by atoms with van der Waals surface area (Å²) in [4.78, 5) is 1.43. The first-order chi connectivity index (χ1) is 7.74. The maximum atomic E-state index is 9.74. The fourth-order valence-electron chi connectivity index (χ4n) is 1.78. The van der Waals surface area contributed by atoms with E-state index >= 15 is 0 Å². The molecule has 0 amide bonds. The zero-order valence-corrected chi connectivity index (χ0v) is 11.3. The van der Waals surface area contributed by atoms with Crippen molar-refractivity contribution in [3.8, 4) is 0 Å². The van der Waals surface area contributed by atoms with Crippen molar-refractivity contribution in [2.75, 3.05) is 32.8 Å². The van der Waals surface area contributed by atoms with E-state index in [1.807, 2.05) is 0 Å². The molecular weight excluding hydrogens is 202 g/mol. The molecule has 0 radical (unpaired) electrons. The average molecular weight is 232 g/mol. The summed E-state index contributed by atoms with van der Waals surface area (Å²) in [5, 5.41) is 9.74. The Morgan fingerprint density at radius 3 is 2.31 bits per heavy atom. The number of nitrogens with one attached hydrogen (secondary N) is 1. The summed E-state index contributed by atoms with van der Waals surface area (Å²) in [5.41, 5.74) is 0. The van der Waals surface area contributed by atoms with Crippen molar-refractivity contribution in [3.05, 3.63) is 0 Å². The van der Waals surface area contributed by atoms with Gasteiger partial charge in [0.25, 0.3) is 0 Å². The predicted octanol–water partition coefficient (Wildman–Crippen LogP) is 0.869. The van der Waals surface area contributed by atoms with Crippen molar-refractivity contribution in [2.24, 2.45) is 0 Å². The second-order valence-corrected chi connectivity index (χ2v) is 4.45. The fraction of sp³-hybridized carbons (Fsp3) is 1.00. The minimum Gasteiger partial charge on any atom is -0.385 e. The van der Waals surface area contributed by atoms with Gasteiger partial charge in [0, 0.05) is 6.61 Å². The Labute approximate surface area is 101 Å². The van der Waals surface area contributed by atoms with E-state index in [0.717, 1.165) is 32.7 Å². The van der Waals surface area contributed by atoms with Crippen LogP contribution in [0.15, 0.2) is 0 Å². The highest BCUT2D eigenvalue weighted by atomic mass is 16.5. The number of ether oxygens (including phenoxy) is 1. The SMILES string of the molecule is CCCCCCOC[C@@H](O)C[NH+](CC)CC. The van der Waals surface area contributed by atoms with Crippen molar-refractivity contribution in [3.63, 3.8) is 0 Å². The van der Waals surface area contributed by atoms with Crippen molar-refractivity contribution >= 4 is 0 Å². The molecule has 0 heterocycles. The molecule has 0 aliphatic rings. The standard InChI is InChI=1S/C13H29NO2/c1-4-7-8-9-10-16-12-13(15)11-14(5-2)6-3/h13,15H,4-12H2,1-3H3/p+1/t13-/m0/s1. The monoisotopic (exact) mass is 232 g/mol. The lowest BCUT2D eigenvalue weighted by molar-refractivity contribution is -0.899. The van der Waals surface area contributed by atoms with Gasteiger partial charge in [-0.15, -0.1) is 0 Å². The Bertz CT molecular complexity index is 138. The van der Waals surface area contributed by atoms with Gasteiger partial charge in [0.1, 0.15) is 12.6 Å². The molecule has 0 saturated carbocycles. The summed E-state index contributed by atoms with van der Waals surface area (Å²) in [6.45, 7) is 10.8. The van der Waals surface area contributed by atoms with E-state index in [1.54, 1.807) is 0 Å². The van der Waals surface area contributed by atoms with E-state index in [9.17, 15) is 5.11 Å². The summed E-state index contributed by atoms with van der Waals surface area (Å²) in [6.07, 6.45) is 4.61. The van der Waals surface area contributed by atoms with Crippen LogP contribution in [0.3, 0.4) is 0 Å². The van der Waals surface area contributed by atoms with Crippen LogP contribution in [-0.2, 0) is 4.74 Å². The Hall–Kier alpha value is -0.120. The molecule has 0 spiro atoms. The second-order valence-electron chi connectivity index (χ2n) is 4.45. The molecule has 3 heteroatoms. The van der Waals surface area contributed by atoms with Crippen LogP contribution < -0.4 is 4.90 Å². The second kappa shape index (κ2) is 11.4. The van der Waals surface area contributed by atoms with Gasteiger partial charge in [-0.1, -0.05) is 26.2 Å². The molecule has 0 fully saturated rings. The van der Waals surface area contributed by atoms with E-state index in [1.165, 1.54) is 24.2 Å². The molecule has 0 aromatic rings. The Morgan fingerprint density at radius 1 is 1.06 bits per heavy atom. The van der Waals surface area contributed by atoms with E-state index in [-0.39, 0.29) is 6.10 Å². The van der Waals surface area contributed by atoms with E-state index in [0.29, 0.717) is 6.61 Å². The maximum Gasteiger partial charge on any atom is 0.126 e. The molecule has 1 atom stereocenters. The lowest BCUT2D eigenvalue weighted by atomic mass is 10.2. The fourth-order valence-corrected chi connectivity index (χ4v) is 1.78. The van der Waals surface area contributed by atoms with Crippen molar-refractivity contribution in [2.45, 2.75) is 52.6 Å². The van der Waals surface area contributed by atoms with Crippen LogP contribution in [0.25, 0.3) is 0 Å². The van der Waals surface area contributed by atoms with E-state index < -0.39 is 0 Å². The third kappa shape index (κ3) is 9.13. The summed E-state index contributed by atoms with van der Waals surface area (Å²) >= 11 is 0. The number of aliphatic hydroxyl groups excluding tert-OH is 1. The van der Waals surface area contributed by atoms with Gasteiger partial charge in [0.15, 0.2) is 0 Å². The number of unbranched alkanes of at least 4 members (excludes halogenated alkanes) is 3. The van der Waals surface area contributed by atoms with Crippen LogP contribution in [-0.4, -0.2) is 44.1 Å². The molecule has 16 heavy (non-hydrogen) atoms. The van der Waals surface area contributed by atoms with Gasteiger partial charge in [0.05, 0.1) is 19.7 Å². The Kier molecular flexibility index (Phi) is 11.3. The molecule has 3 nitrogen and oxygen atoms in total. The molecule has 0 aliphatic heterocycles. The highest BCUT2D eigenvalue weighted by molar-refractivity contribution is 4.50. The van der Waals surface area contributed by atoms with Crippen LogP contribution in [0.5, 0.6) is 0 Å². The number of quaternary nitrogens is 1. The van der Waals surface area contributed by atoms with Crippen LogP contribution >= 0.6 is 0 Å². The molecule has 0 unspecified atom stereocenters. The van der Waals surface area contributed by atoms with Gasteiger partial charge >= 0.3 is 0 Å². The molecule has 98 valence electrons. The van der Waals surface area contributed by atoms with Crippen LogP contribution in [0.2, 0.25) is 0 Å². The Morgan fingerprint density at radius 2 is 1.75 bits per heavy atom. The molecule has 0 aliphatic carbocycles. The van der Waals surface area contributed by atoms with Gasteiger partial charge < -0.3 is 14.7 Å². The lowest BCUT2D eigenvalue weighted by Gasteiger charge is -2.19. The van der Waals surface area contributed by atoms with Crippen LogP contribution in [0, 0.1) is 0 Å². The van der Waals surface area contributed by atoms with Gasteiger partial charge in [-0.3, -0.25) is 0 Å². The topological polar surface area (TPSA) is 33.9 Å². The number of aliphatic hydroxyl groups is 1. The van der Waals surface area contributed by atoms with E-state index in [4.69, 9.17) is 4.74 Å². The first-order valence-electron chi connectivity index (χ1n) is 6.83. The van der Waals surface area contributed by atoms with E-state index in [2.05, 4.69) is 20.8 Å². The molecule has 0 rings (SSSR count). The first-order valence-corrected chi connectivity index (χ1v) is 6.83. The van der Waals surface area contributed by atoms with Gasteiger partial charge in [0.2, 0.25) is 0 Å². The number of likely N-dealkylation sites (N-methyl/N-ethyl adjacent to an activating group) is 1. The summed E-state index contributed by atoms with van der Waals surface area (Å²) in [6, 6.07) is 0. The molecule has 2 N–H and O–H groups in total. The molecule has 0 saturated heterocycles. The predicted molar refractivity (Wildman–Crippen MR) is 67.9 cm³/mol. The quantitative estimate of drug-likeness (QED) is 0.518. The zero-order chi connectivity index (χ0) is 12.2. The third-order valence-electron chi connectivity index (χ3n) is 2.98. The van der Waals surface area contributed by atoms with Crippen molar-refractivity contribution in [1.29, 1.82) is 0 Å². The summed E-state index contributed by atoms with van der Waals surface area (Å²) in [5.74, 6) is 0. The van der Waals surface area contributed by atoms with Gasteiger partial charge in [-0.2, -0.15) is 0 Å². The highest BCUT2D eigenvalue weighted by Gasteiger charge is 2.11. The molecule has 0 bridgehead atoms. The minimum absolute atomic E-state index is 0.305. The number of hydrogen-bond acceptors (Lipinski definition) is 2. The molecule has 0 aromatic carbocycles. The van der Waals surface area contributed by atoms with Gasteiger partial charge in [-0.25, -0.2) is 0 Å². The smallest absolute Gasteiger partial charge is 0.126 e. The van der Waals surface area contributed by atoms with Crippen LogP contribution in [0.4, 0.5) is 0 Å². The van der Waals surface area contributed by atoms with Crippen molar-refractivity contribution < 1.29 is 14.7 Å². The minimum atomic E-state index is -0.305. The zero-order valence-electron chi connectivity index (χ0n) is 11.3. The lowest BCUT2D eigenvalue weighted by Crippen LogP contribution is -3.12. The summed E-state index contributed by atoms with van der Waals surface area (Å²) in [7, 11) is 0. The van der Waals surface area contributed by atoms with Crippen molar-refractivity contribution in [1.82, 2.24) is 0 Å². The largest absolute Gasteiger partial charge is 0.385 e. The normalized spacial score (nSPS) is 13.3. The maximum absolute atomic E-state index is 9.74.